The fourth-order valence-corrected chi connectivity index (χ4v) is 3.55. The zero-order valence-electron chi connectivity index (χ0n) is 13.8. The van der Waals surface area contributed by atoms with Gasteiger partial charge in [-0.05, 0) is 18.4 Å². The van der Waals surface area contributed by atoms with Gasteiger partial charge >= 0.3 is 0 Å². The van der Waals surface area contributed by atoms with Crippen molar-refractivity contribution in [3.8, 4) is 0 Å². The number of likely N-dealkylation sites (tertiary alicyclic amines) is 1. The molecule has 5 nitrogen and oxygen atoms in total. The predicted octanol–water partition coefficient (Wildman–Crippen LogP) is 1.51. The Kier molecular flexibility index (Phi) is 4.96. The van der Waals surface area contributed by atoms with Crippen LogP contribution in [0.4, 0.5) is 0 Å². The minimum Gasteiger partial charge on any atom is -0.341 e. The molecule has 2 aliphatic heterocycles. The third-order valence-corrected chi connectivity index (χ3v) is 4.89. The molecule has 124 valence electrons. The molecule has 0 aromatic heterocycles. The van der Waals surface area contributed by atoms with Crippen molar-refractivity contribution in [3.05, 3.63) is 35.9 Å². The van der Waals surface area contributed by atoms with E-state index in [1.165, 1.54) is 0 Å². The first-order chi connectivity index (χ1) is 11.2. The molecule has 2 saturated heterocycles. The van der Waals surface area contributed by atoms with Crippen molar-refractivity contribution < 1.29 is 9.59 Å². The quantitative estimate of drug-likeness (QED) is 0.849. The maximum absolute atomic E-state index is 13.1. The molecule has 23 heavy (non-hydrogen) atoms. The maximum atomic E-state index is 13.1. The summed E-state index contributed by atoms with van der Waals surface area (Å²) in [4.78, 5) is 30.7. The molecular formula is C18H25N3O2. The summed E-state index contributed by atoms with van der Waals surface area (Å²) in [6.45, 7) is 6.25. The van der Waals surface area contributed by atoms with E-state index in [1.807, 2.05) is 40.1 Å². The summed E-state index contributed by atoms with van der Waals surface area (Å²) in [5, 5.41) is 0. The molecule has 5 heteroatoms. The Bertz CT molecular complexity index is 547. The first-order valence-electron chi connectivity index (χ1n) is 8.50. The lowest BCUT2D eigenvalue weighted by atomic mass is 10.0. The smallest absolute Gasteiger partial charge is 0.244 e. The topological polar surface area (TPSA) is 43.9 Å². The minimum absolute atomic E-state index is 0.117. The van der Waals surface area contributed by atoms with Gasteiger partial charge in [-0.25, -0.2) is 0 Å². The highest BCUT2D eigenvalue weighted by molar-refractivity contribution is 5.83. The van der Waals surface area contributed by atoms with E-state index in [0.717, 1.165) is 44.6 Å². The number of amides is 2. The first-order valence-corrected chi connectivity index (χ1v) is 8.50. The third kappa shape index (κ3) is 3.55. The van der Waals surface area contributed by atoms with Crippen molar-refractivity contribution in [3.63, 3.8) is 0 Å². The predicted molar refractivity (Wildman–Crippen MR) is 88.8 cm³/mol. The fraction of sp³-hybridized carbons (Fsp3) is 0.556. The molecule has 0 saturated carbocycles. The van der Waals surface area contributed by atoms with Crippen LogP contribution >= 0.6 is 0 Å². The second-order valence-electron chi connectivity index (χ2n) is 6.39. The van der Waals surface area contributed by atoms with Gasteiger partial charge < -0.3 is 9.80 Å². The lowest BCUT2D eigenvalue weighted by Gasteiger charge is -2.39. The number of nitrogens with zero attached hydrogens (tertiary/aromatic N) is 3. The number of benzene rings is 1. The zero-order valence-corrected chi connectivity index (χ0v) is 13.8. The van der Waals surface area contributed by atoms with E-state index < -0.39 is 0 Å². The first kappa shape index (κ1) is 16.0. The molecule has 0 radical (unpaired) electrons. The summed E-state index contributed by atoms with van der Waals surface area (Å²) in [6.07, 6.45) is 2.21. The number of rotatable bonds is 3. The zero-order chi connectivity index (χ0) is 16.2. The van der Waals surface area contributed by atoms with Crippen LogP contribution in [-0.2, 0) is 9.59 Å². The number of carbonyl (C=O) groups is 2. The van der Waals surface area contributed by atoms with Gasteiger partial charge in [0.25, 0.3) is 0 Å². The Balaban J connectivity index is 1.78. The van der Waals surface area contributed by atoms with Crippen LogP contribution in [0.15, 0.2) is 30.3 Å². The second-order valence-corrected chi connectivity index (χ2v) is 6.39. The van der Waals surface area contributed by atoms with Gasteiger partial charge in [0.05, 0.1) is 0 Å². The van der Waals surface area contributed by atoms with E-state index >= 15 is 0 Å². The summed E-state index contributed by atoms with van der Waals surface area (Å²) in [7, 11) is 0. The number of carbonyl (C=O) groups excluding carboxylic acids is 2. The van der Waals surface area contributed by atoms with Crippen LogP contribution in [0.5, 0.6) is 0 Å². The summed E-state index contributed by atoms with van der Waals surface area (Å²) in [5.74, 6) is 0.330. The summed E-state index contributed by atoms with van der Waals surface area (Å²) in [5.41, 5.74) is 1.06. The highest BCUT2D eigenvalue weighted by Gasteiger charge is 2.34. The molecule has 2 amide bonds. The Labute approximate surface area is 137 Å². The number of piperazine rings is 1. The molecule has 2 fully saturated rings. The number of hydrogen-bond donors (Lipinski definition) is 0. The fourth-order valence-electron chi connectivity index (χ4n) is 3.55. The summed E-state index contributed by atoms with van der Waals surface area (Å²) in [6, 6.07) is 9.82. The van der Waals surface area contributed by atoms with Gasteiger partial charge in [0, 0.05) is 46.2 Å². The van der Waals surface area contributed by atoms with Crippen LogP contribution in [0.1, 0.15) is 31.4 Å². The van der Waals surface area contributed by atoms with Crippen molar-refractivity contribution in [1.82, 2.24) is 14.7 Å². The van der Waals surface area contributed by atoms with Gasteiger partial charge in [-0.1, -0.05) is 30.3 Å². The van der Waals surface area contributed by atoms with Crippen LogP contribution in [-0.4, -0.2) is 65.8 Å². The van der Waals surface area contributed by atoms with Crippen molar-refractivity contribution in [2.75, 3.05) is 39.3 Å². The van der Waals surface area contributed by atoms with E-state index in [1.54, 1.807) is 6.92 Å². The van der Waals surface area contributed by atoms with Crippen LogP contribution in [0.25, 0.3) is 0 Å². The van der Waals surface area contributed by atoms with Crippen molar-refractivity contribution in [2.24, 2.45) is 0 Å². The van der Waals surface area contributed by atoms with Gasteiger partial charge in [-0.2, -0.15) is 0 Å². The van der Waals surface area contributed by atoms with Crippen molar-refractivity contribution in [1.29, 1.82) is 0 Å². The van der Waals surface area contributed by atoms with Crippen molar-refractivity contribution in [2.45, 2.75) is 25.8 Å². The second kappa shape index (κ2) is 7.13. The Morgan fingerprint density at radius 1 is 0.870 bits per heavy atom. The van der Waals surface area contributed by atoms with Crippen LogP contribution in [0.3, 0.4) is 0 Å². The monoisotopic (exact) mass is 315 g/mol. The Hall–Kier alpha value is -1.88. The van der Waals surface area contributed by atoms with Crippen molar-refractivity contribution >= 4 is 11.8 Å². The highest BCUT2D eigenvalue weighted by atomic mass is 16.2. The van der Waals surface area contributed by atoms with E-state index in [2.05, 4.69) is 4.90 Å². The van der Waals surface area contributed by atoms with Gasteiger partial charge in [-0.3, -0.25) is 14.5 Å². The van der Waals surface area contributed by atoms with E-state index in [9.17, 15) is 9.59 Å². The maximum Gasteiger partial charge on any atom is 0.244 e. The van der Waals surface area contributed by atoms with E-state index in [4.69, 9.17) is 0 Å². The lowest BCUT2D eigenvalue weighted by Crippen LogP contribution is -2.52. The Morgan fingerprint density at radius 2 is 1.48 bits per heavy atom. The molecule has 0 aliphatic carbocycles. The van der Waals surface area contributed by atoms with Crippen LogP contribution in [0.2, 0.25) is 0 Å². The van der Waals surface area contributed by atoms with Gasteiger partial charge in [0.2, 0.25) is 11.8 Å². The van der Waals surface area contributed by atoms with Crippen LogP contribution in [0, 0.1) is 0 Å². The molecule has 1 atom stereocenters. The lowest BCUT2D eigenvalue weighted by molar-refractivity contribution is -0.138. The summed E-state index contributed by atoms with van der Waals surface area (Å²) >= 11 is 0. The standard InChI is InChI=1S/C18H25N3O2/c1-15(22)19-11-13-20(14-12-19)17(16-7-3-2-4-8-16)18(23)21-9-5-6-10-21/h2-4,7-8,17H,5-6,9-14H2,1H3/t17-/m1/s1. The number of hydrogen-bond acceptors (Lipinski definition) is 3. The van der Waals surface area contributed by atoms with Crippen LogP contribution < -0.4 is 0 Å². The average molecular weight is 315 g/mol. The molecular weight excluding hydrogens is 290 g/mol. The third-order valence-electron chi connectivity index (χ3n) is 4.89. The minimum atomic E-state index is -0.219. The highest BCUT2D eigenvalue weighted by Crippen LogP contribution is 2.26. The van der Waals surface area contributed by atoms with Gasteiger partial charge in [0.15, 0.2) is 0 Å². The normalized spacial score (nSPS) is 20.6. The molecule has 2 aliphatic rings. The average Bonchev–Trinajstić information content (AvgIpc) is 3.11. The largest absolute Gasteiger partial charge is 0.341 e. The summed E-state index contributed by atoms with van der Waals surface area (Å²) < 4.78 is 0. The van der Waals surface area contributed by atoms with E-state index in [0.29, 0.717) is 13.1 Å². The molecule has 0 N–H and O–H groups in total. The molecule has 0 unspecified atom stereocenters. The van der Waals surface area contributed by atoms with Gasteiger partial charge in [-0.15, -0.1) is 0 Å². The molecule has 3 rings (SSSR count). The molecule has 1 aromatic carbocycles. The molecule has 0 spiro atoms. The van der Waals surface area contributed by atoms with E-state index in [-0.39, 0.29) is 17.9 Å². The molecule has 1 aromatic rings. The molecule has 2 heterocycles. The SMILES string of the molecule is CC(=O)N1CCN([C@@H](C(=O)N2CCCC2)c2ccccc2)CC1. The Morgan fingerprint density at radius 3 is 2.04 bits per heavy atom. The molecule has 0 bridgehead atoms. The van der Waals surface area contributed by atoms with Gasteiger partial charge in [0.1, 0.15) is 6.04 Å².